The van der Waals surface area contributed by atoms with E-state index < -0.39 is 10.0 Å². The van der Waals surface area contributed by atoms with Crippen LogP contribution < -0.4 is 20.3 Å². The van der Waals surface area contributed by atoms with Crippen LogP contribution in [0.5, 0.6) is 5.75 Å². The fourth-order valence-electron chi connectivity index (χ4n) is 2.86. The normalized spacial score (nSPS) is 11.4. The predicted octanol–water partition coefficient (Wildman–Crippen LogP) is 2.02. The molecule has 152 valence electrons. The Bertz CT molecular complexity index is 1200. The summed E-state index contributed by atoms with van der Waals surface area (Å²) in [4.78, 5) is 26.2. The van der Waals surface area contributed by atoms with Crippen LogP contribution in [0.3, 0.4) is 0 Å². The largest absolute Gasteiger partial charge is 0.497 e. The van der Waals surface area contributed by atoms with Crippen LogP contribution in [0, 0.1) is 0 Å². The van der Waals surface area contributed by atoms with Gasteiger partial charge in [0.15, 0.2) is 0 Å². The van der Waals surface area contributed by atoms with Crippen molar-refractivity contribution in [3.05, 3.63) is 64.4 Å². The lowest BCUT2D eigenvalue weighted by Gasteiger charge is -2.09. The Labute approximate surface area is 168 Å². The molecule has 0 aliphatic carbocycles. The third-order valence-electron chi connectivity index (χ3n) is 4.30. The molecule has 0 radical (unpaired) electrons. The average molecular weight is 415 g/mol. The summed E-state index contributed by atoms with van der Waals surface area (Å²) in [5.74, 6) is 0.399. The Morgan fingerprint density at radius 3 is 2.48 bits per heavy atom. The number of carbonyl (C=O) groups excluding carboxylic acids is 1. The molecule has 1 amide bonds. The number of rotatable bonds is 7. The molecule has 0 atom stereocenters. The molecule has 3 rings (SSSR count). The van der Waals surface area contributed by atoms with Gasteiger partial charge >= 0.3 is 0 Å². The number of pyridine rings is 1. The topological polar surface area (TPSA) is 117 Å². The minimum absolute atomic E-state index is 0.0700. The quantitative estimate of drug-likeness (QED) is 0.546. The van der Waals surface area contributed by atoms with Gasteiger partial charge in [-0.2, -0.15) is 0 Å². The summed E-state index contributed by atoms with van der Waals surface area (Å²) >= 11 is 0. The summed E-state index contributed by atoms with van der Waals surface area (Å²) in [5, 5.41) is 3.41. The highest BCUT2D eigenvalue weighted by Crippen LogP contribution is 2.18. The minimum atomic E-state index is -3.73. The minimum Gasteiger partial charge on any atom is -0.497 e. The summed E-state index contributed by atoms with van der Waals surface area (Å²) < 4.78 is 32.5. The molecule has 1 heterocycles. The molecule has 2 aromatic carbocycles. The van der Waals surface area contributed by atoms with Gasteiger partial charge in [-0.05, 0) is 54.3 Å². The number of methoxy groups -OCH3 is 1. The van der Waals surface area contributed by atoms with Gasteiger partial charge in [0, 0.05) is 30.8 Å². The van der Waals surface area contributed by atoms with Crippen molar-refractivity contribution in [1.29, 1.82) is 0 Å². The molecule has 0 bridgehead atoms. The number of carbonyl (C=O) groups is 1. The highest BCUT2D eigenvalue weighted by Gasteiger charge is 2.14. The number of hydrogen-bond acceptors (Lipinski definition) is 5. The van der Waals surface area contributed by atoms with E-state index in [0.717, 1.165) is 5.39 Å². The Hall–Kier alpha value is -3.17. The van der Waals surface area contributed by atoms with E-state index in [4.69, 9.17) is 4.74 Å². The van der Waals surface area contributed by atoms with Crippen molar-refractivity contribution in [2.75, 3.05) is 19.0 Å². The Balaban J connectivity index is 1.69. The van der Waals surface area contributed by atoms with Gasteiger partial charge in [-0.15, -0.1) is 0 Å². The zero-order valence-corrected chi connectivity index (χ0v) is 16.8. The van der Waals surface area contributed by atoms with Crippen molar-refractivity contribution in [2.24, 2.45) is 0 Å². The molecule has 29 heavy (non-hydrogen) atoms. The highest BCUT2D eigenvalue weighted by atomic mass is 32.2. The third kappa shape index (κ3) is 5.01. The van der Waals surface area contributed by atoms with Crippen LogP contribution in [0.25, 0.3) is 10.9 Å². The maximum absolute atomic E-state index is 12.4. The molecule has 0 unspecified atom stereocenters. The zero-order valence-electron chi connectivity index (χ0n) is 16.0. The van der Waals surface area contributed by atoms with Crippen molar-refractivity contribution < 1.29 is 17.9 Å². The number of benzene rings is 2. The fourth-order valence-corrected chi connectivity index (χ4v) is 3.89. The number of aromatic amines is 1. The number of fused-ring (bicyclic) bond motifs is 1. The van der Waals surface area contributed by atoms with Crippen molar-refractivity contribution in [1.82, 2.24) is 9.71 Å². The van der Waals surface area contributed by atoms with E-state index in [1.807, 2.05) is 6.07 Å². The summed E-state index contributed by atoms with van der Waals surface area (Å²) in [6, 6.07) is 12.9. The van der Waals surface area contributed by atoms with Gasteiger partial charge in [0.2, 0.25) is 15.9 Å². The summed E-state index contributed by atoms with van der Waals surface area (Å²) in [7, 11) is -2.18. The predicted molar refractivity (Wildman–Crippen MR) is 111 cm³/mol. The molecule has 8 nitrogen and oxygen atoms in total. The monoisotopic (exact) mass is 415 g/mol. The number of amides is 1. The first kappa shape index (κ1) is 20.6. The first-order valence-electron chi connectivity index (χ1n) is 8.86. The molecular weight excluding hydrogens is 394 g/mol. The van der Waals surface area contributed by atoms with Crippen LogP contribution >= 0.6 is 0 Å². The number of aromatic nitrogens is 1. The standard InChI is InChI=1S/C20H21N3O5S/c1-13(24)22-16-4-7-18(8-5-16)29(26,27)21-10-9-15-11-14-3-6-17(28-2)12-19(14)23-20(15)25/h3-8,11-12,21H,9-10H2,1-2H3,(H,22,24)(H,23,25). The maximum atomic E-state index is 12.4. The maximum Gasteiger partial charge on any atom is 0.251 e. The Morgan fingerprint density at radius 2 is 1.83 bits per heavy atom. The van der Waals surface area contributed by atoms with E-state index in [-0.39, 0.29) is 29.3 Å². The second kappa shape index (κ2) is 8.46. The van der Waals surface area contributed by atoms with E-state index in [2.05, 4.69) is 15.0 Å². The molecule has 3 N–H and O–H groups in total. The lowest BCUT2D eigenvalue weighted by molar-refractivity contribution is -0.114. The van der Waals surface area contributed by atoms with Crippen LogP contribution in [0.1, 0.15) is 12.5 Å². The Morgan fingerprint density at radius 1 is 1.10 bits per heavy atom. The van der Waals surface area contributed by atoms with Gasteiger partial charge in [0.1, 0.15) is 5.75 Å². The van der Waals surface area contributed by atoms with E-state index in [9.17, 15) is 18.0 Å². The lowest BCUT2D eigenvalue weighted by atomic mass is 10.1. The third-order valence-corrected chi connectivity index (χ3v) is 5.78. The molecule has 1 aromatic heterocycles. The molecule has 0 saturated carbocycles. The van der Waals surface area contributed by atoms with Crippen molar-refractivity contribution in [2.45, 2.75) is 18.2 Å². The van der Waals surface area contributed by atoms with Gasteiger partial charge in [0.25, 0.3) is 5.56 Å². The molecule has 0 aliphatic heterocycles. The Kier molecular flexibility index (Phi) is 6.00. The van der Waals surface area contributed by atoms with Gasteiger partial charge in [-0.3, -0.25) is 9.59 Å². The van der Waals surface area contributed by atoms with E-state index in [0.29, 0.717) is 22.5 Å². The zero-order chi connectivity index (χ0) is 21.0. The van der Waals surface area contributed by atoms with E-state index >= 15 is 0 Å². The van der Waals surface area contributed by atoms with Crippen LogP contribution in [0.4, 0.5) is 5.69 Å². The molecule has 3 aromatic rings. The van der Waals surface area contributed by atoms with Crippen LogP contribution in [-0.2, 0) is 21.2 Å². The summed E-state index contributed by atoms with van der Waals surface area (Å²) in [6.07, 6.45) is 0.237. The first-order chi connectivity index (χ1) is 13.8. The van der Waals surface area contributed by atoms with Crippen LogP contribution in [-0.4, -0.2) is 33.0 Å². The highest BCUT2D eigenvalue weighted by molar-refractivity contribution is 7.89. The van der Waals surface area contributed by atoms with E-state index in [1.165, 1.54) is 31.2 Å². The number of anilines is 1. The number of sulfonamides is 1. The van der Waals surface area contributed by atoms with Crippen molar-refractivity contribution in [3.63, 3.8) is 0 Å². The smallest absolute Gasteiger partial charge is 0.251 e. The van der Waals surface area contributed by atoms with E-state index in [1.54, 1.807) is 25.3 Å². The molecule has 0 saturated heterocycles. The second-order valence-corrected chi connectivity index (χ2v) is 8.20. The molecule has 0 aliphatic rings. The van der Waals surface area contributed by atoms with Crippen LogP contribution in [0.15, 0.2) is 58.2 Å². The summed E-state index contributed by atoms with van der Waals surface area (Å²) in [6.45, 7) is 1.44. The SMILES string of the molecule is COc1ccc2cc(CCNS(=O)(=O)c3ccc(NC(C)=O)cc3)c(=O)[nH]c2c1. The molecule has 0 fully saturated rings. The van der Waals surface area contributed by atoms with Crippen molar-refractivity contribution in [3.8, 4) is 5.75 Å². The van der Waals surface area contributed by atoms with Gasteiger partial charge in [-0.1, -0.05) is 0 Å². The fraction of sp³-hybridized carbons (Fsp3) is 0.200. The first-order valence-corrected chi connectivity index (χ1v) is 10.3. The number of H-pyrrole nitrogens is 1. The number of hydrogen-bond donors (Lipinski definition) is 3. The molecular formula is C20H21N3O5S. The van der Waals surface area contributed by atoms with Gasteiger partial charge in [-0.25, -0.2) is 13.1 Å². The van der Waals surface area contributed by atoms with Gasteiger partial charge < -0.3 is 15.0 Å². The van der Waals surface area contributed by atoms with Crippen LogP contribution in [0.2, 0.25) is 0 Å². The van der Waals surface area contributed by atoms with Crippen molar-refractivity contribution >= 4 is 32.5 Å². The molecule has 0 spiro atoms. The van der Waals surface area contributed by atoms with Gasteiger partial charge in [0.05, 0.1) is 17.5 Å². The average Bonchev–Trinajstić information content (AvgIpc) is 2.68. The summed E-state index contributed by atoms with van der Waals surface area (Å²) in [5.41, 5.74) is 1.37. The number of nitrogens with one attached hydrogen (secondary N) is 3. The lowest BCUT2D eigenvalue weighted by Crippen LogP contribution is -2.27. The number of ether oxygens (including phenoxy) is 1. The second-order valence-electron chi connectivity index (χ2n) is 6.43. The molecule has 9 heteroatoms.